The van der Waals surface area contributed by atoms with Crippen molar-refractivity contribution in [3.63, 3.8) is 0 Å². The summed E-state index contributed by atoms with van der Waals surface area (Å²) in [6.45, 7) is -0.463. The number of hydrogen-bond acceptors (Lipinski definition) is 4. The van der Waals surface area contributed by atoms with Crippen molar-refractivity contribution >= 4 is 17.8 Å². The maximum atomic E-state index is 11.3. The first-order chi connectivity index (χ1) is 9.15. The number of carbonyl (C=O) groups is 2. The summed E-state index contributed by atoms with van der Waals surface area (Å²) < 4.78 is 5.07. The predicted octanol–water partition coefficient (Wildman–Crippen LogP) is 1.55. The highest BCUT2D eigenvalue weighted by atomic mass is 16.5. The first-order valence-corrected chi connectivity index (χ1v) is 5.44. The lowest BCUT2D eigenvalue weighted by Crippen LogP contribution is -2.33. The molecule has 2 rings (SSSR count). The van der Waals surface area contributed by atoms with Crippen LogP contribution in [0.4, 0.5) is 10.6 Å². The van der Waals surface area contributed by atoms with E-state index in [0.717, 1.165) is 5.56 Å². The highest BCUT2D eigenvalue weighted by Crippen LogP contribution is 2.21. The fourth-order valence-electron chi connectivity index (χ4n) is 1.39. The van der Waals surface area contributed by atoms with Gasteiger partial charge < -0.3 is 14.9 Å². The van der Waals surface area contributed by atoms with Crippen LogP contribution < -0.4 is 10.6 Å². The number of aliphatic carboxylic acids is 1. The Labute approximate surface area is 108 Å². The van der Waals surface area contributed by atoms with Gasteiger partial charge in [0, 0.05) is 11.6 Å². The van der Waals surface area contributed by atoms with Crippen LogP contribution in [0.15, 0.2) is 40.9 Å². The number of nitrogens with one attached hydrogen (secondary N) is 2. The summed E-state index contributed by atoms with van der Waals surface area (Å²) in [4.78, 5) is 21.6. The minimum Gasteiger partial charge on any atom is -0.480 e. The van der Waals surface area contributed by atoms with E-state index in [0.29, 0.717) is 5.76 Å². The molecule has 0 unspecified atom stereocenters. The fourth-order valence-corrected chi connectivity index (χ4v) is 1.39. The summed E-state index contributed by atoms with van der Waals surface area (Å²) in [5.41, 5.74) is 0.828. The third kappa shape index (κ3) is 3.56. The molecule has 1 aromatic heterocycles. The van der Waals surface area contributed by atoms with Crippen LogP contribution in [0.2, 0.25) is 0 Å². The molecule has 2 aromatic rings. The second kappa shape index (κ2) is 5.67. The number of carboxylic acid groups (broad SMARTS) is 1. The zero-order chi connectivity index (χ0) is 13.7. The topological polar surface area (TPSA) is 104 Å². The lowest BCUT2D eigenvalue weighted by Gasteiger charge is -2.00. The van der Waals surface area contributed by atoms with Crippen LogP contribution in [0, 0.1) is 0 Å². The van der Waals surface area contributed by atoms with Crippen LogP contribution in [0.5, 0.6) is 0 Å². The smallest absolute Gasteiger partial charge is 0.323 e. The van der Waals surface area contributed by atoms with Crippen LogP contribution in [0.25, 0.3) is 11.3 Å². The third-order valence-electron chi connectivity index (χ3n) is 2.21. The number of rotatable bonds is 4. The number of nitrogens with zero attached hydrogens (tertiary/aromatic N) is 1. The Morgan fingerprint density at radius 2 is 2.00 bits per heavy atom. The summed E-state index contributed by atoms with van der Waals surface area (Å²) >= 11 is 0. The Bertz CT molecular complexity index is 580. The van der Waals surface area contributed by atoms with Gasteiger partial charge in [-0.05, 0) is 0 Å². The van der Waals surface area contributed by atoms with Crippen molar-refractivity contribution in [2.24, 2.45) is 0 Å². The molecule has 0 aliphatic heterocycles. The maximum Gasteiger partial charge on any atom is 0.323 e. The van der Waals surface area contributed by atoms with Gasteiger partial charge in [-0.3, -0.25) is 10.1 Å². The Morgan fingerprint density at radius 3 is 2.68 bits per heavy atom. The first-order valence-electron chi connectivity index (χ1n) is 5.44. The van der Waals surface area contributed by atoms with E-state index >= 15 is 0 Å². The molecule has 0 saturated heterocycles. The lowest BCUT2D eigenvalue weighted by molar-refractivity contribution is -0.135. The van der Waals surface area contributed by atoms with Crippen molar-refractivity contribution in [1.29, 1.82) is 0 Å². The fraction of sp³-hybridized carbons (Fsp3) is 0.0833. The molecular formula is C12H11N3O4. The molecule has 2 amide bonds. The number of amides is 2. The van der Waals surface area contributed by atoms with Gasteiger partial charge in [-0.25, -0.2) is 4.79 Å². The van der Waals surface area contributed by atoms with Gasteiger partial charge in [-0.15, -0.1) is 0 Å². The van der Waals surface area contributed by atoms with Gasteiger partial charge in [-0.1, -0.05) is 35.5 Å². The van der Waals surface area contributed by atoms with E-state index in [-0.39, 0.29) is 5.82 Å². The Kier molecular flexibility index (Phi) is 3.77. The number of anilines is 1. The zero-order valence-electron chi connectivity index (χ0n) is 9.79. The van der Waals surface area contributed by atoms with Gasteiger partial charge in [0.25, 0.3) is 0 Å². The van der Waals surface area contributed by atoms with Gasteiger partial charge in [0.15, 0.2) is 11.6 Å². The second-order valence-electron chi connectivity index (χ2n) is 3.64. The molecule has 0 radical (unpaired) electrons. The van der Waals surface area contributed by atoms with Gasteiger partial charge in [0.2, 0.25) is 0 Å². The Hall–Kier alpha value is -2.83. The van der Waals surface area contributed by atoms with Crippen molar-refractivity contribution in [2.75, 3.05) is 11.9 Å². The van der Waals surface area contributed by atoms with Crippen LogP contribution in [0.1, 0.15) is 0 Å². The molecule has 0 fully saturated rings. The molecular weight excluding hydrogens is 250 g/mol. The van der Waals surface area contributed by atoms with E-state index in [1.54, 1.807) is 6.07 Å². The van der Waals surface area contributed by atoms with Crippen molar-refractivity contribution in [3.05, 3.63) is 36.4 Å². The largest absolute Gasteiger partial charge is 0.480 e. The normalized spacial score (nSPS) is 9.89. The van der Waals surface area contributed by atoms with E-state index in [9.17, 15) is 9.59 Å². The number of hydrogen-bond donors (Lipinski definition) is 3. The van der Waals surface area contributed by atoms with Crippen molar-refractivity contribution < 1.29 is 19.2 Å². The SMILES string of the molecule is O=C(O)CNC(=O)Nc1cc(-c2ccccc2)on1. The summed E-state index contributed by atoms with van der Waals surface area (Å²) in [6.07, 6.45) is 0. The van der Waals surface area contributed by atoms with Gasteiger partial charge in [-0.2, -0.15) is 0 Å². The Morgan fingerprint density at radius 1 is 1.26 bits per heavy atom. The van der Waals surface area contributed by atoms with Crippen LogP contribution in [-0.4, -0.2) is 28.8 Å². The Balaban J connectivity index is 1.98. The molecule has 0 saturated carbocycles. The molecule has 0 bridgehead atoms. The average Bonchev–Trinajstić information content (AvgIpc) is 2.86. The molecule has 0 atom stereocenters. The third-order valence-corrected chi connectivity index (χ3v) is 2.21. The second-order valence-corrected chi connectivity index (χ2v) is 3.64. The molecule has 0 aliphatic carbocycles. The van der Waals surface area contributed by atoms with E-state index in [1.165, 1.54) is 0 Å². The summed E-state index contributed by atoms with van der Waals surface area (Å²) in [5.74, 6) is -0.406. The minimum absolute atomic E-state index is 0.210. The number of urea groups is 1. The number of aromatic nitrogens is 1. The molecule has 0 aliphatic rings. The number of carboxylic acids is 1. The minimum atomic E-state index is -1.12. The van der Waals surface area contributed by atoms with Crippen molar-refractivity contribution in [3.8, 4) is 11.3 Å². The van der Waals surface area contributed by atoms with E-state index < -0.39 is 18.5 Å². The number of carbonyl (C=O) groups excluding carboxylic acids is 1. The lowest BCUT2D eigenvalue weighted by atomic mass is 10.2. The average molecular weight is 261 g/mol. The molecule has 7 nitrogen and oxygen atoms in total. The monoisotopic (exact) mass is 261 g/mol. The summed E-state index contributed by atoms with van der Waals surface area (Å²) in [7, 11) is 0. The van der Waals surface area contributed by atoms with Gasteiger partial charge in [0.1, 0.15) is 6.54 Å². The van der Waals surface area contributed by atoms with Crippen LogP contribution in [-0.2, 0) is 4.79 Å². The molecule has 7 heteroatoms. The van der Waals surface area contributed by atoms with Gasteiger partial charge >= 0.3 is 12.0 Å². The quantitative estimate of drug-likeness (QED) is 0.774. The highest BCUT2D eigenvalue weighted by molar-refractivity contribution is 5.90. The van der Waals surface area contributed by atoms with Crippen LogP contribution in [0.3, 0.4) is 0 Å². The molecule has 0 spiro atoms. The highest BCUT2D eigenvalue weighted by Gasteiger charge is 2.09. The summed E-state index contributed by atoms with van der Waals surface area (Å²) in [5, 5.41) is 16.6. The molecule has 19 heavy (non-hydrogen) atoms. The standard InChI is InChI=1S/C12H11N3O4/c16-11(17)7-13-12(18)14-10-6-9(19-15-10)8-4-2-1-3-5-8/h1-6H,7H2,(H,16,17)(H2,13,14,15,18). The summed E-state index contributed by atoms with van der Waals surface area (Å²) in [6, 6.07) is 10.2. The number of benzene rings is 1. The van der Waals surface area contributed by atoms with Gasteiger partial charge in [0.05, 0.1) is 0 Å². The van der Waals surface area contributed by atoms with E-state index in [4.69, 9.17) is 9.63 Å². The zero-order valence-corrected chi connectivity index (χ0v) is 9.79. The van der Waals surface area contributed by atoms with Crippen molar-refractivity contribution in [1.82, 2.24) is 10.5 Å². The molecule has 98 valence electrons. The van der Waals surface area contributed by atoms with E-state index in [2.05, 4.69) is 15.8 Å². The molecule has 1 heterocycles. The predicted molar refractivity (Wildman–Crippen MR) is 66.6 cm³/mol. The molecule has 1 aromatic carbocycles. The molecule has 3 N–H and O–H groups in total. The van der Waals surface area contributed by atoms with E-state index in [1.807, 2.05) is 30.3 Å². The van der Waals surface area contributed by atoms with Crippen LogP contribution >= 0.6 is 0 Å². The first kappa shape index (κ1) is 12.6. The maximum absolute atomic E-state index is 11.3. The van der Waals surface area contributed by atoms with Crippen molar-refractivity contribution in [2.45, 2.75) is 0 Å².